The third kappa shape index (κ3) is 4.59. The largest absolute Gasteiger partial charge is 0.416 e. The number of oxime groups is 1. The number of nitrogens with zero attached hydrogens (tertiary/aromatic N) is 1. The predicted octanol–water partition coefficient (Wildman–Crippen LogP) is 4.40. The quantitative estimate of drug-likeness (QED) is 0.466. The first-order chi connectivity index (χ1) is 9.95. The van der Waals surface area contributed by atoms with Crippen molar-refractivity contribution in [2.24, 2.45) is 5.16 Å². The maximum Gasteiger partial charge on any atom is 0.416 e. The van der Waals surface area contributed by atoms with Crippen LogP contribution in [0.3, 0.4) is 0 Å². The van der Waals surface area contributed by atoms with Crippen LogP contribution in [0.15, 0.2) is 53.7 Å². The fourth-order valence-corrected chi connectivity index (χ4v) is 1.59. The molecule has 2 aromatic carbocycles. The molecule has 0 radical (unpaired) electrons. The van der Waals surface area contributed by atoms with Gasteiger partial charge in [0.2, 0.25) is 0 Å². The summed E-state index contributed by atoms with van der Waals surface area (Å²) in [6, 6.07) is 10.4. The standard InChI is InChI=1S/C15H11F4NO/c16-14-6-4-11(5-7-14)10-21-20-9-12-2-1-3-13(8-12)15(17,18)19/h1-9H,10H2. The van der Waals surface area contributed by atoms with Crippen LogP contribution in [0.25, 0.3) is 0 Å². The summed E-state index contributed by atoms with van der Waals surface area (Å²) < 4.78 is 50.2. The number of rotatable bonds is 4. The molecule has 0 amide bonds. The van der Waals surface area contributed by atoms with E-state index in [1.807, 2.05) is 0 Å². The molecule has 0 fully saturated rings. The predicted molar refractivity (Wildman–Crippen MR) is 70.2 cm³/mol. The van der Waals surface area contributed by atoms with Crippen molar-refractivity contribution in [1.29, 1.82) is 0 Å². The van der Waals surface area contributed by atoms with Crippen LogP contribution in [-0.2, 0) is 17.6 Å². The summed E-state index contributed by atoms with van der Waals surface area (Å²) >= 11 is 0. The fraction of sp³-hybridized carbons (Fsp3) is 0.133. The lowest BCUT2D eigenvalue weighted by molar-refractivity contribution is -0.137. The van der Waals surface area contributed by atoms with Crippen LogP contribution in [-0.4, -0.2) is 6.21 Å². The normalized spacial score (nSPS) is 11.8. The maximum atomic E-state index is 12.7. The van der Waals surface area contributed by atoms with Crippen molar-refractivity contribution >= 4 is 6.21 Å². The molecule has 2 rings (SSSR count). The Morgan fingerprint density at radius 3 is 2.43 bits per heavy atom. The minimum atomic E-state index is -4.39. The van der Waals surface area contributed by atoms with E-state index in [0.717, 1.165) is 12.1 Å². The molecule has 0 atom stereocenters. The Morgan fingerprint density at radius 1 is 1.05 bits per heavy atom. The molecule has 6 heteroatoms. The smallest absolute Gasteiger partial charge is 0.391 e. The highest BCUT2D eigenvalue weighted by molar-refractivity contribution is 5.79. The highest BCUT2D eigenvalue weighted by Crippen LogP contribution is 2.29. The molecule has 2 nitrogen and oxygen atoms in total. The Bertz CT molecular complexity index is 620. The Hall–Kier alpha value is -2.37. The summed E-state index contributed by atoms with van der Waals surface area (Å²) in [4.78, 5) is 4.95. The number of halogens is 4. The molecule has 2 aromatic rings. The van der Waals surface area contributed by atoms with Crippen molar-refractivity contribution in [3.05, 3.63) is 71.0 Å². The lowest BCUT2D eigenvalue weighted by atomic mass is 10.1. The van der Waals surface area contributed by atoms with E-state index >= 15 is 0 Å². The summed E-state index contributed by atoms with van der Waals surface area (Å²) in [6.07, 6.45) is -3.20. The molecule has 0 saturated heterocycles. The summed E-state index contributed by atoms with van der Waals surface area (Å²) in [5.41, 5.74) is 0.242. The Balaban J connectivity index is 1.94. The van der Waals surface area contributed by atoms with Crippen molar-refractivity contribution in [3.8, 4) is 0 Å². The molecule has 21 heavy (non-hydrogen) atoms. The second-order valence-electron chi connectivity index (χ2n) is 4.26. The summed E-state index contributed by atoms with van der Waals surface area (Å²) in [7, 11) is 0. The van der Waals surface area contributed by atoms with Gasteiger partial charge in [0, 0.05) is 0 Å². The van der Waals surface area contributed by atoms with Gasteiger partial charge in [0.05, 0.1) is 11.8 Å². The SMILES string of the molecule is Fc1ccc(CON=Cc2cccc(C(F)(F)F)c2)cc1. The average Bonchev–Trinajstić information content (AvgIpc) is 2.45. The monoisotopic (exact) mass is 297 g/mol. The van der Waals surface area contributed by atoms with Crippen molar-refractivity contribution in [1.82, 2.24) is 0 Å². The van der Waals surface area contributed by atoms with E-state index in [9.17, 15) is 17.6 Å². The molecule has 0 aliphatic heterocycles. The van der Waals surface area contributed by atoms with Gasteiger partial charge in [-0.2, -0.15) is 13.2 Å². The van der Waals surface area contributed by atoms with E-state index < -0.39 is 11.7 Å². The Kier molecular flexibility index (Phi) is 4.57. The van der Waals surface area contributed by atoms with E-state index in [1.54, 1.807) is 0 Å². The first-order valence-corrected chi connectivity index (χ1v) is 6.02. The molecule has 0 spiro atoms. The Morgan fingerprint density at radius 2 is 1.76 bits per heavy atom. The third-order valence-electron chi connectivity index (χ3n) is 2.63. The van der Waals surface area contributed by atoms with Gasteiger partial charge < -0.3 is 4.84 Å². The summed E-state index contributed by atoms with van der Waals surface area (Å²) in [5, 5.41) is 3.60. The maximum absolute atomic E-state index is 12.7. The van der Waals surface area contributed by atoms with Gasteiger partial charge in [-0.05, 0) is 35.4 Å². The van der Waals surface area contributed by atoms with E-state index in [-0.39, 0.29) is 18.0 Å². The highest BCUT2D eigenvalue weighted by atomic mass is 19.4. The molecule has 0 N–H and O–H groups in total. The molecule has 0 saturated carbocycles. The van der Waals surface area contributed by atoms with Gasteiger partial charge in [0.1, 0.15) is 12.4 Å². The lowest BCUT2D eigenvalue weighted by Crippen LogP contribution is -2.05. The van der Waals surface area contributed by atoms with Crippen LogP contribution in [0.2, 0.25) is 0 Å². The molecule has 0 aliphatic rings. The molecular weight excluding hydrogens is 286 g/mol. The number of benzene rings is 2. The molecule has 0 heterocycles. The minimum Gasteiger partial charge on any atom is -0.391 e. The van der Waals surface area contributed by atoms with E-state index in [0.29, 0.717) is 5.56 Å². The highest BCUT2D eigenvalue weighted by Gasteiger charge is 2.30. The molecule has 0 bridgehead atoms. The van der Waals surface area contributed by atoms with Crippen molar-refractivity contribution < 1.29 is 22.4 Å². The van der Waals surface area contributed by atoms with Gasteiger partial charge in [0.15, 0.2) is 0 Å². The van der Waals surface area contributed by atoms with Gasteiger partial charge >= 0.3 is 6.18 Å². The van der Waals surface area contributed by atoms with E-state index in [4.69, 9.17) is 4.84 Å². The first kappa shape index (κ1) is 15.0. The molecular formula is C15H11F4NO. The van der Waals surface area contributed by atoms with Crippen LogP contribution in [0.4, 0.5) is 17.6 Å². The van der Waals surface area contributed by atoms with E-state index in [2.05, 4.69) is 5.16 Å². The third-order valence-corrected chi connectivity index (χ3v) is 2.63. The summed E-state index contributed by atoms with van der Waals surface area (Å²) in [6.45, 7) is 0.107. The second-order valence-corrected chi connectivity index (χ2v) is 4.26. The number of alkyl halides is 3. The van der Waals surface area contributed by atoms with E-state index in [1.165, 1.54) is 42.6 Å². The zero-order chi connectivity index (χ0) is 15.3. The van der Waals surface area contributed by atoms with Crippen LogP contribution >= 0.6 is 0 Å². The second kappa shape index (κ2) is 6.39. The van der Waals surface area contributed by atoms with Crippen LogP contribution in [0, 0.1) is 5.82 Å². The van der Waals surface area contributed by atoms with Crippen molar-refractivity contribution in [3.63, 3.8) is 0 Å². The molecule has 0 aliphatic carbocycles. The van der Waals surface area contributed by atoms with Gasteiger partial charge in [-0.3, -0.25) is 0 Å². The fourth-order valence-electron chi connectivity index (χ4n) is 1.59. The van der Waals surface area contributed by atoms with Crippen molar-refractivity contribution in [2.45, 2.75) is 12.8 Å². The Labute approximate surface area is 118 Å². The van der Waals surface area contributed by atoms with Gasteiger partial charge in [-0.1, -0.05) is 29.4 Å². The zero-order valence-corrected chi connectivity index (χ0v) is 10.8. The molecule has 110 valence electrons. The minimum absolute atomic E-state index is 0.107. The molecule has 0 aromatic heterocycles. The average molecular weight is 297 g/mol. The molecule has 0 unspecified atom stereocenters. The first-order valence-electron chi connectivity index (χ1n) is 6.02. The van der Waals surface area contributed by atoms with Gasteiger partial charge in [-0.25, -0.2) is 4.39 Å². The lowest BCUT2D eigenvalue weighted by Gasteiger charge is -2.06. The van der Waals surface area contributed by atoms with Crippen LogP contribution in [0.5, 0.6) is 0 Å². The van der Waals surface area contributed by atoms with Crippen LogP contribution in [0.1, 0.15) is 16.7 Å². The number of hydrogen-bond acceptors (Lipinski definition) is 2. The van der Waals surface area contributed by atoms with Gasteiger partial charge in [0.25, 0.3) is 0 Å². The summed E-state index contributed by atoms with van der Waals surface area (Å²) in [5.74, 6) is -0.355. The topological polar surface area (TPSA) is 21.6 Å². The van der Waals surface area contributed by atoms with Crippen LogP contribution < -0.4 is 0 Å². The number of hydrogen-bond donors (Lipinski definition) is 0. The van der Waals surface area contributed by atoms with Gasteiger partial charge in [-0.15, -0.1) is 0 Å². The zero-order valence-electron chi connectivity index (χ0n) is 10.8. The van der Waals surface area contributed by atoms with Crippen molar-refractivity contribution in [2.75, 3.05) is 0 Å².